The Kier molecular flexibility index (Phi) is 13.7. The molecular weight excluding hydrogens is 617 g/mol. The zero-order valence-electron chi connectivity index (χ0n) is 30.1. The van der Waals surface area contributed by atoms with Crippen LogP contribution in [0.5, 0.6) is 0 Å². The first kappa shape index (κ1) is 35.4. The third-order valence-electron chi connectivity index (χ3n) is 10.8. The van der Waals surface area contributed by atoms with Crippen molar-refractivity contribution in [1.82, 2.24) is 0 Å². The number of benzene rings is 4. The smallest absolute Gasteiger partial charge is 0.0352 e. The van der Waals surface area contributed by atoms with Crippen LogP contribution in [-0.4, -0.2) is 0 Å². The number of rotatable bonds is 22. The van der Waals surface area contributed by atoms with Crippen molar-refractivity contribution in [3.05, 3.63) is 70.4 Å². The molecule has 0 spiro atoms. The second-order valence-corrected chi connectivity index (χ2v) is 17.1. The molecular formula is C46H60S2. The Labute approximate surface area is 299 Å². The minimum Gasteiger partial charge on any atom is -0.140 e. The van der Waals surface area contributed by atoms with Crippen molar-refractivity contribution in [2.75, 3.05) is 0 Å². The van der Waals surface area contributed by atoms with Crippen LogP contribution in [-0.2, 0) is 12.8 Å². The molecule has 2 aromatic heterocycles. The van der Waals surface area contributed by atoms with E-state index in [1.54, 1.807) is 9.75 Å². The molecule has 2 heterocycles. The van der Waals surface area contributed by atoms with E-state index in [-0.39, 0.29) is 0 Å². The summed E-state index contributed by atoms with van der Waals surface area (Å²) in [7, 11) is 0. The summed E-state index contributed by atoms with van der Waals surface area (Å²) >= 11 is 4.05. The SMILES string of the molecule is CCCCCCCCCCCCc1cc2cc3ccc4c5cc6sc(CCCCCCCCCCCC)cc6cc5ccc4c3cc2s1. The molecule has 0 aliphatic carbocycles. The molecule has 0 saturated carbocycles. The topological polar surface area (TPSA) is 0 Å². The summed E-state index contributed by atoms with van der Waals surface area (Å²) in [4.78, 5) is 3.12. The maximum atomic E-state index is 2.49. The molecule has 0 saturated heterocycles. The van der Waals surface area contributed by atoms with Crippen molar-refractivity contribution in [3.63, 3.8) is 0 Å². The number of unbranched alkanes of at least 4 members (excludes halogenated alkanes) is 18. The lowest BCUT2D eigenvalue weighted by Gasteiger charge is -2.08. The first-order valence-corrected chi connectivity index (χ1v) is 21.6. The summed E-state index contributed by atoms with van der Waals surface area (Å²) in [5, 5.41) is 11.2. The molecule has 0 radical (unpaired) electrons. The van der Waals surface area contributed by atoms with Gasteiger partial charge in [0.05, 0.1) is 0 Å². The maximum absolute atomic E-state index is 2.49. The zero-order chi connectivity index (χ0) is 33.0. The zero-order valence-corrected chi connectivity index (χ0v) is 31.8. The van der Waals surface area contributed by atoms with Gasteiger partial charge in [-0.2, -0.15) is 0 Å². The quantitative estimate of drug-likeness (QED) is 0.0496. The number of hydrogen-bond acceptors (Lipinski definition) is 2. The molecule has 6 rings (SSSR count). The van der Waals surface area contributed by atoms with Gasteiger partial charge in [0, 0.05) is 19.2 Å². The van der Waals surface area contributed by atoms with Gasteiger partial charge in [-0.15, -0.1) is 22.7 Å². The third kappa shape index (κ3) is 9.42. The van der Waals surface area contributed by atoms with Crippen molar-refractivity contribution in [1.29, 1.82) is 0 Å². The molecule has 4 aromatic carbocycles. The van der Waals surface area contributed by atoms with Crippen LogP contribution in [0, 0.1) is 0 Å². The van der Waals surface area contributed by atoms with Gasteiger partial charge in [-0.05, 0) is 105 Å². The standard InChI is InChI=1S/C46H60S2/c1-3-5-7-9-11-13-15-17-19-21-23-39-31-37-29-35-25-27-42-41(43(35)33-45(37)47-39)28-26-36-30-38-32-40(48-46(38)34-44(36)42)24-22-20-18-16-14-12-10-8-6-4-2/h25-34H,3-24H2,1-2H3. The third-order valence-corrected chi connectivity index (χ3v) is 13.1. The van der Waals surface area contributed by atoms with Crippen LogP contribution in [0.3, 0.4) is 0 Å². The molecule has 6 aromatic rings. The van der Waals surface area contributed by atoms with Gasteiger partial charge in [-0.1, -0.05) is 154 Å². The minimum absolute atomic E-state index is 1.23. The highest BCUT2D eigenvalue weighted by molar-refractivity contribution is 7.19. The molecule has 0 nitrogen and oxygen atoms in total. The highest BCUT2D eigenvalue weighted by Crippen LogP contribution is 2.39. The number of thiophene rings is 2. The monoisotopic (exact) mass is 676 g/mol. The molecule has 2 heteroatoms. The van der Waals surface area contributed by atoms with Crippen molar-refractivity contribution in [2.45, 2.75) is 155 Å². The van der Waals surface area contributed by atoms with Crippen LogP contribution >= 0.6 is 22.7 Å². The van der Waals surface area contributed by atoms with Gasteiger partial charge in [0.25, 0.3) is 0 Å². The van der Waals surface area contributed by atoms with E-state index in [0.717, 1.165) is 0 Å². The molecule has 48 heavy (non-hydrogen) atoms. The van der Waals surface area contributed by atoms with Gasteiger partial charge < -0.3 is 0 Å². The predicted octanol–water partition coefficient (Wildman–Crippen LogP) is 16.5. The van der Waals surface area contributed by atoms with E-state index in [4.69, 9.17) is 0 Å². The van der Waals surface area contributed by atoms with E-state index in [0.29, 0.717) is 0 Å². The molecule has 0 fully saturated rings. The van der Waals surface area contributed by atoms with E-state index in [9.17, 15) is 0 Å². The maximum Gasteiger partial charge on any atom is 0.0352 e. The highest BCUT2D eigenvalue weighted by atomic mass is 32.1. The number of aryl methyl sites for hydroxylation is 2. The Balaban J connectivity index is 1.07. The Bertz CT molecular complexity index is 1730. The molecule has 0 aliphatic heterocycles. The van der Waals surface area contributed by atoms with Crippen LogP contribution < -0.4 is 0 Å². The normalized spacial score (nSPS) is 12.1. The summed E-state index contributed by atoms with van der Waals surface area (Å²) in [5.41, 5.74) is 0. The van der Waals surface area contributed by atoms with Crippen LogP contribution in [0.2, 0.25) is 0 Å². The Morgan fingerprint density at radius 1 is 0.333 bits per heavy atom. The van der Waals surface area contributed by atoms with Crippen LogP contribution in [0.4, 0.5) is 0 Å². The van der Waals surface area contributed by atoms with Crippen LogP contribution in [0.1, 0.15) is 152 Å². The average molecular weight is 677 g/mol. The first-order chi connectivity index (χ1) is 23.7. The van der Waals surface area contributed by atoms with Gasteiger partial charge in [-0.3, -0.25) is 0 Å². The lowest BCUT2D eigenvalue weighted by molar-refractivity contribution is 0.557. The molecule has 256 valence electrons. The second-order valence-electron chi connectivity index (χ2n) is 14.7. The van der Waals surface area contributed by atoms with Crippen molar-refractivity contribution >= 4 is 75.2 Å². The lowest BCUT2D eigenvalue weighted by Crippen LogP contribution is -1.84. The van der Waals surface area contributed by atoms with Crippen LogP contribution in [0.15, 0.2) is 60.7 Å². The van der Waals surface area contributed by atoms with E-state index < -0.39 is 0 Å². The number of fused-ring (bicyclic) bond motifs is 7. The Morgan fingerprint density at radius 2 is 0.688 bits per heavy atom. The van der Waals surface area contributed by atoms with Gasteiger partial charge >= 0.3 is 0 Å². The summed E-state index contributed by atoms with van der Waals surface area (Å²) in [6, 6.07) is 24.3. The number of hydrogen-bond donors (Lipinski definition) is 0. The summed E-state index contributed by atoms with van der Waals surface area (Å²) in [6.45, 7) is 4.61. The first-order valence-electron chi connectivity index (χ1n) is 20.0. The fraction of sp³-hybridized carbons (Fsp3) is 0.522. The second kappa shape index (κ2) is 18.5. The van der Waals surface area contributed by atoms with E-state index >= 15 is 0 Å². The molecule has 0 atom stereocenters. The molecule has 0 unspecified atom stereocenters. The fourth-order valence-corrected chi connectivity index (χ4v) is 10.1. The van der Waals surface area contributed by atoms with Crippen LogP contribution in [0.25, 0.3) is 52.5 Å². The van der Waals surface area contributed by atoms with Crippen molar-refractivity contribution < 1.29 is 0 Å². The Morgan fingerprint density at radius 3 is 1.06 bits per heavy atom. The van der Waals surface area contributed by atoms with Crippen molar-refractivity contribution in [3.8, 4) is 0 Å². The van der Waals surface area contributed by atoms with E-state index in [1.807, 2.05) is 22.7 Å². The van der Waals surface area contributed by atoms with E-state index in [1.165, 1.54) is 194 Å². The molecule has 0 aliphatic rings. The minimum atomic E-state index is 1.23. The summed E-state index contributed by atoms with van der Waals surface area (Å²) in [6.07, 6.45) is 30.5. The predicted molar refractivity (Wildman–Crippen MR) is 221 cm³/mol. The lowest BCUT2D eigenvalue weighted by atomic mass is 9.96. The van der Waals surface area contributed by atoms with Gasteiger partial charge in [-0.25, -0.2) is 0 Å². The summed E-state index contributed by atoms with van der Waals surface area (Å²) < 4.78 is 2.89. The van der Waals surface area contributed by atoms with Gasteiger partial charge in [0.2, 0.25) is 0 Å². The van der Waals surface area contributed by atoms with Gasteiger partial charge in [0.1, 0.15) is 0 Å². The molecule has 0 bridgehead atoms. The highest BCUT2D eigenvalue weighted by Gasteiger charge is 2.11. The summed E-state index contributed by atoms with van der Waals surface area (Å²) in [5.74, 6) is 0. The Hall–Kier alpha value is -2.42. The van der Waals surface area contributed by atoms with E-state index in [2.05, 4.69) is 74.5 Å². The molecule has 0 amide bonds. The average Bonchev–Trinajstić information content (AvgIpc) is 3.70. The largest absolute Gasteiger partial charge is 0.140 e. The fourth-order valence-electron chi connectivity index (χ4n) is 7.88. The van der Waals surface area contributed by atoms with Gasteiger partial charge in [0.15, 0.2) is 0 Å². The van der Waals surface area contributed by atoms with Crippen molar-refractivity contribution in [2.24, 2.45) is 0 Å². The molecule has 0 N–H and O–H groups in total.